The molecule has 116 valence electrons. The molecule has 1 saturated heterocycles. The standard InChI is InChI=1S/C13H22O7/c1-4-5-6-17-11-10(7-18-8(2)14)20-13(16)12(11)19-9(3)15/h10-13,16H,4-7H2,1-3H3/t10-,11+,12?,13?/m1/s1. The first-order valence-corrected chi connectivity index (χ1v) is 6.71. The predicted molar refractivity (Wildman–Crippen MR) is 67.7 cm³/mol. The summed E-state index contributed by atoms with van der Waals surface area (Å²) in [4.78, 5) is 21.9. The van der Waals surface area contributed by atoms with Crippen molar-refractivity contribution in [2.75, 3.05) is 13.2 Å². The maximum atomic E-state index is 11.1. The Kier molecular flexibility index (Phi) is 6.90. The lowest BCUT2D eigenvalue weighted by Crippen LogP contribution is -2.40. The number of aliphatic hydroxyl groups excluding tert-OH is 1. The molecule has 1 N–H and O–H groups in total. The number of ether oxygens (including phenoxy) is 4. The van der Waals surface area contributed by atoms with E-state index in [9.17, 15) is 14.7 Å². The van der Waals surface area contributed by atoms with Crippen molar-refractivity contribution in [3.05, 3.63) is 0 Å². The topological polar surface area (TPSA) is 91.3 Å². The van der Waals surface area contributed by atoms with Crippen LogP contribution in [0.3, 0.4) is 0 Å². The van der Waals surface area contributed by atoms with Crippen LogP contribution in [0.5, 0.6) is 0 Å². The van der Waals surface area contributed by atoms with Crippen LogP contribution >= 0.6 is 0 Å². The molecule has 0 aliphatic carbocycles. The van der Waals surface area contributed by atoms with Crippen molar-refractivity contribution in [2.24, 2.45) is 0 Å². The lowest BCUT2D eigenvalue weighted by molar-refractivity contribution is -0.172. The minimum atomic E-state index is -1.29. The van der Waals surface area contributed by atoms with E-state index in [0.717, 1.165) is 12.8 Å². The molecule has 2 unspecified atom stereocenters. The van der Waals surface area contributed by atoms with Crippen LogP contribution in [-0.4, -0.2) is 54.9 Å². The molecule has 20 heavy (non-hydrogen) atoms. The SMILES string of the molecule is CCCCO[C@@H]1C(OC(C)=O)C(O)O[C@@H]1COC(C)=O. The Bertz CT molecular complexity index is 331. The van der Waals surface area contributed by atoms with E-state index in [1.807, 2.05) is 6.92 Å². The van der Waals surface area contributed by atoms with Crippen molar-refractivity contribution in [2.45, 2.75) is 58.2 Å². The highest BCUT2D eigenvalue weighted by molar-refractivity contribution is 5.66. The van der Waals surface area contributed by atoms with Crippen molar-refractivity contribution in [1.29, 1.82) is 0 Å². The Labute approximate surface area is 118 Å². The van der Waals surface area contributed by atoms with Gasteiger partial charge in [0.25, 0.3) is 0 Å². The summed E-state index contributed by atoms with van der Waals surface area (Å²) in [6.45, 7) is 4.94. The Hall–Kier alpha value is -1.18. The third-order valence-corrected chi connectivity index (χ3v) is 2.85. The Balaban J connectivity index is 2.65. The van der Waals surface area contributed by atoms with Crippen LogP contribution in [0.4, 0.5) is 0 Å². The summed E-state index contributed by atoms with van der Waals surface area (Å²) in [5.41, 5.74) is 0. The van der Waals surface area contributed by atoms with Gasteiger partial charge in [-0.25, -0.2) is 0 Å². The molecule has 0 aromatic heterocycles. The number of aliphatic hydroxyl groups is 1. The number of carbonyl (C=O) groups is 2. The van der Waals surface area contributed by atoms with Gasteiger partial charge in [0.2, 0.25) is 0 Å². The highest BCUT2D eigenvalue weighted by atomic mass is 16.7. The van der Waals surface area contributed by atoms with Gasteiger partial charge in [-0.15, -0.1) is 0 Å². The molecule has 1 heterocycles. The zero-order chi connectivity index (χ0) is 15.1. The molecule has 0 saturated carbocycles. The maximum Gasteiger partial charge on any atom is 0.303 e. The molecule has 4 atom stereocenters. The van der Waals surface area contributed by atoms with Crippen molar-refractivity contribution in [3.63, 3.8) is 0 Å². The van der Waals surface area contributed by atoms with Gasteiger partial charge in [-0.2, -0.15) is 0 Å². The largest absolute Gasteiger partial charge is 0.463 e. The van der Waals surface area contributed by atoms with Crippen LogP contribution in [-0.2, 0) is 28.5 Å². The first kappa shape index (κ1) is 16.9. The average molecular weight is 290 g/mol. The van der Waals surface area contributed by atoms with Crippen LogP contribution in [0, 0.1) is 0 Å². The van der Waals surface area contributed by atoms with E-state index in [4.69, 9.17) is 18.9 Å². The Morgan fingerprint density at radius 1 is 1.20 bits per heavy atom. The normalized spacial score (nSPS) is 29.2. The van der Waals surface area contributed by atoms with E-state index in [2.05, 4.69) is 0 Å². The molecule has 0 aromatic carbocycles. The third kappa shape index (κ3) is 5.07. The number of hydrogen-bond donors (Lipinski definition) is 1. The van der Waals surface area contributed by atoms with E-state index < -0.39 is 36.5 Å². The Morgan fingerprint density at radius 2 is 1.90 bits per heavy atom. The van der Waals surface area contributed by atoms with E-state index in [0.29, 0.717) is 6.61 Å². The summed E-state index contributed by atoms with van der Waals surface area (Å²) in [6, 6.07) is 0. The second-order valence-corrected chi connectivity index (χ2v) is 4.63. The monoisotopic (exact) mass is 290 g/mol. The minimum absolute atomic E-state index is 0.0546. The van der Waals surface area contributed by atoms with E-state index in [1.54, 1.807) is 0 Å². The van der Waals surface area contributed by atoms with Gasteiger partial charge >= 0.3 is 11.9 Å². The first-order chi connectivity index (χ1) is 9.45. The number of rotatable bonds is 7. The van der Waals surface area contributed by atoms with Gasteiger partial charge < -0.3 is 24.1 Å². The minimum Gasteiger partial charge on any atom is -0.463 e. The molecule has 7 nitrogen and oxygen atoms in total. The van der Waals surface area contributed by atoms with E-state index in [-0.39, 0.29) is 6.61 Å². The van der Waals surface area contributed by atoms with Crippen molar-refractivity contribution in [1.82, 2.24) is 0 Å². The van der Waals surface area contributed by atoms with E-state index >= 15 is 0 Å². The highest BCUT2D eigenvalue weighted by Crippen LogP contribution is 2.26. The fourth-order valence-corrected chi connectivity index (χ4v) is 1.92. The molecular weight excluding hydrogens is 268 g/mol. The molecule has 0 aromatic rings. The molecule has 1 rings (SSSR count). The summed E-state index contributed by atoms with van der Waals surface area (Å²) in [7, 11) is 0. The van der Waals surface area contributed by atoms with Crippen LogP contribution in [0.2, 0.25) is 0 Å². The van der Waals surface area contributed by atoms with Crippen molar-refractivity contribution >= 4 is 11.9 Å². The van der Waals surface area contributed by atoms with Crippen molar-refractivity contribution in [3.8, 4) is 0 Å². The van der Waals surface area contributed by atoms with Crippen molar-refractivity contribution < 1.29 is 33.6 Å². The molecule has 0 spiro atoms. The number of esters is 2. The van der Waals surface area contributed by atoms with Gasteiger partial charge in [0.1, 0.15) is 18.8 Å². The summed E-state index contributed by atoms with van der Waals surface area (Å²) in [6.07, 6.45) is -1.73. The lowest BCUT2D eigenvalue weighted by atomic mass is 10.1. The van der Waals surface area contributed by atoms with Gasteiger partial charge in [-0.3, -0.25) is 9.59 Å². The Morgan fingerprint density at radius 3 is 2.45 bits per heavy atom. The third-order valence-electron chi connectivity index (χ3n) is 2.85. The molecular formula is C13H22O7. The van der Waals surface area contributed by atoms with E-state index in [1.165, 1.54) is 13.8 Å². The molecule has 1 aliphatic rings. The molecule has 0 amide bonds. The van der Waals surface area contributed by atoms with Crippen LogP contribution in [0.1, 0.15) is 33.6 Å². The smallest absolute Gasteiger partial charge is 0.303 e. The highest BCUT2D eigenvalue weighted by Gasteiger charge is 2.47. The fraction of sp³-hybridized carbons (Fsp3) is 0.846. The average Bonchev–Trinajstić information content (AvgIpc) is 2.64. The lowest BCUT2D eigenvalue weighted by Gasteiger charge is -2.22. The van der Waals surface area contributed by atoms with Gasteiger partial charge in [-0.05, 0) is 6.42 Å². The zero-order valence-corrected chi connectivity index (χ0v) is 12.0. The van der Waals surface area contributed by atoms with Crippen LogP contribution in [0.25, 0.3) is 0 Å². The molecule has 1 fully saturated rings. The fourth-order valence-electron chi connectivity index (χ4n) is 1.92. The number of hydrogen-bond acceptors (Lipinski definition) is 7. The quantitative estimate of drug-likeness (QED) is 0.535. The van der Waals surface area contributed by atoms with Gasteiger partial charge in [0.15, 0.2) is 12.4 Å². The molecule has 0 radical (unpaired) electrons. The van der Waals surface area contributed by atoms with Gasteiger partial charge in [-0.1, -0.05) is 13.3 Å². The molecule has 7 heteroatoms. The number of carbonyl (C=O) groups excluding carboxylic acids is 2. The second-order valence-electron chi connectivity index (χ2n) is 4.63. The first-order valence-electron chi connectivity index (χ1n) is 6.71. The number of unbranched alkanes of at least 4 members (excludes halogenated alkanes) is 1. The predicted octanol–water partition coefficient (Wildman–Crippen LogP) is 0.384. The summed E-state index contributed by atoms with van der Waals surface area (Å²) in [5.74, 6) is -0.985. The van der Waals surface area contributed by atoms with Crippen LogP contribution in [0.15, 0.2) is 0 Å². The summed E-state index contributed by atoms with van der Waals surface area (Å²) in [5, 5.41) is 9.78. The second kappa shape index (κ2) is 8.18. The van der Waals surface area contributed by atoms with Gasteiger partial charge in [0.05, 0.1) is 0 Å². The van der Waals surface area contributed by atoms with Crippen LogP contribution < -0.4 is 0 Å². The molecule has 0 bridgehead atoms. The summed E-state index contributed by atoms with van der Waals surface area (Å²) >= 11 is 0. The maximum absolute atomic E-state index is 11.1. The molecule has 1 aliphatic heterocycles. The van der Waals surface area contributed by atoms with Gasteiger partial charge in [0, 0.05) is 20.5 Å². The summed E-state index contributed by atoms with van der Waals surface area (Å²) < 4.78 is 20.8. The zero-order valence-electron chi connectivity index (χ0n) is 12.0.